The molecule has 54 heavy (non-hydrogen) atoms. The van der Waals surface area contributed by atoms with Gasteiger partial charge in [-0.25, -0.2) is 19.9 Å². The van der Waals surface area contributed by atoms with Crippen LogP contribution in [0.15, 0.2) is 108 Å². The van der Waals surface area contributed by atoms with Crippen molar-refractivity contribution in [1.82, 2.24) is 24.5 Å². The molecule has 0 atom stereocenters. The topological polar surface area (TPSA) is 69.6 Å². The van der Waals surface area contributed by atoms with Crippen molar-refractivity contribution in [3.63, 3.8) is 0 Å². The first-order chi connectivity index (χ1) is 26.1. The molecule has 0 aliphatic heterocycles. The molecule has 0 bridgehead atoms. The minimum absolute atomic E-state index is 0.122. The quantitative estimate of drug-likeness (QED) is 0.244. The molecule has 232 valence electrons. The van der Waals surface area contributed by atoms with E-state index in [1.165, 1.54) is 0 Å². The van der Waals surface area contributed by atoms with Crippen LogP contribution in [0.25, 0.3) is 84.2 Å². The summed E-state index contributed by atoms with van der Waals surface area (Å²) in [4.78, 5) is 19.4. The third-order valence-corrected chi connectivity index (χ3v) is 9.66. The molecule has 9 rings (SSSR count). The summed E-state index contributed by atoms with van der Waals surface area (Å²) in [5, 5.41) is 0.906. The predicted octanol–water partition coefficient (Wildman–Crippen LogP) is 0.128. The maximum Gasteiger partial charge on any atom is 0.227 e. The van der Waals surface area contributed by atoms with Crippen LogP contribution in [0, 0.1) is 0 Å². The van der Waals surface area contributed by atoms with E-state index in [9.17, 15) is 0 Å². The molecule has 9 aromatic rings. The lowest BCUT2D eigenvalue weighted by molar-refractivity contribution is 0.620. The maximum atomic E-state index is 6.64. The van der Waals surface area contributed by atoms with Crippen molar-refractivity contribution in [1.29, 1.82) is 0 Å². The fourth-order valence-electron chi connectivity index (χ4n) is 6.88. The SMILES string of the molecule is [B]c1c([B])c([B])c2c(c1[B])c1c([B])c([B])c([B])c([B])c1n2-c1cccc(-c2nc3cc(-c4nc(-c5ccccc5)nc(-c5ccccc5)n4)ccc3o2)c1. The Kier molecular flexibility index (Phi) is 8.11. The number of rotatable bonds is 5. The average molecular weight is 670 g/mol. The normalized spacial score (nSPS) is 11.6. The molecule has 0 fully saturated rings. The van der Waals surface area contributed by atoms with Crippen LogP contribution in [-0.4, -0.2) is 87.3 Å². The zero-order valence-corrected chi connectivity index (χ0v) is 28.6. The monoisotopic (exact) mass is 671 g/mol. The Hall–Kier alpha value is -5.88. The third kappa shape index (κ3) is 5.30. The van der Waals surface area contributed by atoms with Gasteiger partial charge in [-0.2, -0.15) is 0 Å². The predicted molar refractivity (Wildman–Crippen MR) is 227 cm³/mol. The molecule has 0 saturated heterocycles. The minimum Gasteiger partial charge on any atom is -0.436 e. The molecule has 6 nitrogen and oxygen atoms in total. The van der Waals surface area contributed by atoms with Crippen molar-refractivity contribution < 1.29 is 4.42 Å². The molecule has 0 saturated carbocycles. The highest BCUT2D eigenvalue weighted by Gasteiger charge is 2.23. The molecule has 0 aliphatic carbocycles. The Morgan fingerprint density at radius 3 is 1.43 bits per heavy atom. The van der Waals surface area contributed by atoms with Gasteiger partial charge in [-0.1, -0.05) is 88.6 Å². The first-order valence-corrected chi connectivity index (χ1v) is 16.8. The minimum atomic E-state index is 0.122. The van der Waals surface area contributed by atoms with Gasteiger partial charge in [0.1, 0.15) is 68.3 Å². The van der Waals surface area contributed by atoms with Crippen LogP contribution < -0.4 is 43.7 Å². The van der Waals surface area contributed by atoms with Crippen molar-refractivity contribution >= 4 is 139 Å². The van der Waals surface area contributed by atoms with Gasteiger partial charge < -0.3 is 8.98 Å². The fourth-order valence-corrected chi connectivity index (χ4v) is 6.88. The van der Waals surface area contributed by atoms with Crippen molar-refractivity contribution in [2.75, 3.05) is 0 Å². The van der Waals surface area contributed by atoms with E-state index >= 15 is 0 Å². The van der Waals surface area contributed by atoms with Gasteiger partial charge in [0.05, 0.1) is 0 Å². The van der Waals surface area contributed by atoms with Crippen LogP contribution in [-0.2, 0) is 0 Å². The molecule has 0 N–H and O–H groups in total. The van der Waals surface area contributed by atoms with Crippen LogP contribution in [0.5, 0.6) is 0 Å². The van der Waals surface area contributed by atoms with E-state index in [-0.39, 0.29) is 43.7 Å². The van der Waals surface area contributed by atoms with Crippen LogP contribution in [0.3, 0.4) is 0 Å². The summed E-state index contributed by atoms with van der Waals surface area (Å²) in [5.74, 6) is 1.97. The maximum absolute atomic E-state index is 6.64. The van der Waals surface area contributed by atoms with Gasteiger partial charge in [-0.05, 0) is 47.2 Å². The largest absolute Gasteiger partial charge is 0.436 e. The van der Waals surface area contributed by atoms with E-state index in [4.69, 9.17) is 87.1 Å². The molecule has 0 unspecified atom stereocenters. The Balaban J connectivity index is 1.19. The molecule has 6 aromatic carbocycles. The van der Waals surface area contributed by atoms with E-state index in [2.05, 4.69) is 0 Å². The van der Waals surface area contributed by atoms with Gasteiger partial charge in [0, 0.05) is 39.0 Å². The standard InChI is InChI=1S/C40H17B8N5O/c41-27-25-26-28(42)30(44)32(46)34(48)36(26)53(35(25)33(47)31(45)29(27)43)22-13-7-12-21(16-22)40-49-23-17-20(14-15-24(23)54-40)39-51-37(18-8-3-1-4-9-18)50-38(52-39)19-10-5-2-6-11-19/h1-17H. The van der Waals surface area contributed by atoms with Crippen molar-refractivity contribution in [2.24, 2.45) is 0 Å². The van der Waals surface area contributed by atoms with Crippen molar-refractivity contribution in [3.8, 4) is 51.3 Å². The summed E-state index contributed by atoms with van der Waals surface area (Å²) in [6.07, 6.45) is 0. The average Bonchev–Trinajstić information content (AvgIpc) is 3.81. The first-order valence-electron chi connectivity index (χ1n) is 16.8. The lowest BCUT2D eigenvalue weighted by atomic mass is 9.63. The number of oxazole rings is 1. The van der Waals surface area contributed by atoms with E-state index in [1.54, 1.807) is 4.57 Å². The highest BCUT2D eigenvalue weighted by Crippen LogP contribution is 2.32. The summed E-state index contributed by atoms with van der Waals surface area (Å²) in [6, 6.07) is 32.7. The number of benzene rings is 6. The van der Waals surface area contributed by atoms with Gasteiger partial charge in [-0.3, -0.25) is 0 Å². The summed E-state index contributed by atoms with van der Waals surface area (Å²) in [7, 11) is 51.7. The van der Waals surface area contributed by atoms with Crippen LogP contribution in [0.4, 0.5) is 0 Å². The molecular formula is C40H17B8N5O. The second-order valence-corrected chi connectivity index (χ2v) is 12.9. The van der Waals surface area contributed by atoms with E-state index in [0.29, 0.717) is 67.5 Å². The van der Waals surface area contributed by atoms with E-state index in [1.807, 2.05) is 103 Å². The number of hydrogen-bond acceptors (Lipinski definition) is 5. The highest BCUT2D eigenvalue weighted by atomic mass is 16.3. The number of fused-ring (bicyclic) bond motifs is 4. The summed E-state index contributed by atoms with van der Waals surface area (Å²) in [6.45, 7) is 0. The Labute approximate surface area is 321 Å². The summed E-state index contributed by atoms with van der Waals surface area (Å²) in [5.41, 5.74) is 7.06. The number of aromatic nitrogens is 5. The van der Waals surface area contributed by atoms with Gasteiger partial charge in [0.25, 0.3) is 0 Å². The Morgan fingerprint density at radius 1 is 0.407 bits per heavy atom. The first kappa shape index (κ1) is 33.9. The summed E-state index contributed by atoms with van der Waals surface area (Å²) < 4.78 is 8.10. The number of hydrogen-bond donors (Lipinski definition) is 0. The lowest BCUT2D eigenvalue weighted by Gasteiger charge is -2.17. The third-order valence-electron chi connectivity index (χ3n) is 9.66. The van der Waals surface area contributed by atoms with Gasteiger partial charge in [-0.15, -0.1) is 21.9 Å². The van der Waals surface area contributed by atoms with E-state index < -0.39 is 0 Å². The number of nitrogens with zero attached hydrogens (tertiary/aromatic N) is 5. The molecule has 0 aliphatic rings. The Morgan fingerprint density at radius 2 is 0.889 bits per heavy atom. The molecular weight excluding hydrogens is 653 g/mol. The second-order valence-electron chi connectivity index (χ2n) is 12.9. The molecule has 0 spiro atoms. The molecule has 16 radical (unpaired) electrons. The lowest BCUT2D eigenvalue weighted by Crippen LogP contribution is -2.49. The van der Waals surface area contributed by atoms with E-state index in [0.717, 1.165) is 16.7 Å². The Bertz CT molecular complexity index is 2850. The molecule has 3 heterocycles. The van der Waals surface area contributed by atoms with Crippen molar-refractivity contribution in [2.45, 2.75) is 0 Å². The van der Waals surface area contributed by atoms with Gasteiger partial charge >= 0.3 is 0 Å². The second kappa shape index (κ2) is 12.9. The van der Waals surface area contributed by atoms with Gasteiger partial charge in [0.15, 0.2) is 23.1 Å². The molecule has 3 aromatic heterocycles. The highest BCUT2D eigenvalue weighted by molar-refractivity contribution is 6.71. The van der Waals surface area contributed by atoms with Crippen LogP contribution in [0.1, 0.15) is 0 Å². The zero-order valence-electron chi connectivity index (χ0n) is 28.6. The summed E-state index contributed by atoms with van der Waals surface area (Å²) >= 11 is 0. The van der Waals surface area contributed by atoms with Crippen molar-refractivity contribution in [3.05, 3.63) is 103 Å². The molecule has 0 amide bonds. The fraction of sp³-hybridized carbons (Fsp3) is 0. The smallest absolute Gasteiger partial charge is 0.227 e. The van der Waals surface area contributed by atoms with Gasteiger partial charge in [0.2, 0.25) is 5.89 Å². The molecule has 14 heteroatoms. The van der Waals surface area contributed by atoms with Crippen LogP contribution >= 0.6 is 0 Å². The zero-order chi connectivity index (χ0) is 37.4. The van der Waals surface area contributed by atoms with Crippen LogP contribution in [0.2, 0.25) is 0 Å².